The van der Waals surface area contributed by atoms with Gasteiger partial charge in [0.25, 0.3) is 0 Å². The van der Waals surface area contributed by atoms with E-state index in [2.05, 4.69) is 0 Å². The predicted molar refractivity (Wildman–Crippen MR) is 54.9 cm³/mol. The molecule has 1 rings (SSSR count). The highest BCUT2D eigenvalue weighted by Gasteiger charge is 2.06. The summed E-state index contributed by atoms with van der Waals surface area (Å²) in [4.78, 5) is 26.0. The molecule has 0 heterocycles. The van der Waals surface area contributed by atoms with Crippen molar-refractivity contribution in [2.45, 2.75) is 6.61 Å². The average Bonchev–Trinajstić information content (AvgIpc) is 2.25. The number of rotatable bonds is 6. The highest BCUT2D eigenvalue weighted by molar-refractivity contribution is 6.64. The third-order valence-electron chi connectivity index (χ3n) is 1.64. The lowest BCUT2D eigenvalue weighted by molar-refractivity contribution is -0.178. The molecular weight excluding hydrogens is 218 g/mol. The molecule has 0 N–H and O–H groups in total. The second kappa shape index (κ2) is 6.16. The summed E-state index contributed by atoms with van der Waals surface area (Å²) in [6, 6.07) is 9.30. The molecule has 1 amide bonds. The van der Waals surface area contributed by atoms with Crippen molar-refractivity contribution in [3.8, 4) is 0 Å². The quantitative estimate of drug-likeness (QED) is 0.419. The van der Waals surface area contributed by atoms with Crippen LogP contribution in [-0.2, 0) is 21.0 Å². The summed E-state index contributed by atoms with van der Waals surface area (Å²) < 4.78 is 0. The molecule has 0 unspecified atom stereocenters. The Bertz CT molecular complexity index is 329. The van der Waals surface area contributed by atoms with Gasteiger partial charge in [0.05, 0.1) is 0 Å². The second-order valence-corrected chi connectivity index (χ2v) is 3.22. The Morgan fingerprint density at radius 2 is 2.07 bits per heavy atom. The zero-order chi connectivity index (χ0) is 11.1. The molecule has 0 aliphatic rings. The maximum atomic E-state index is 10.5. The number of benzene rings is 1. The number of carbonyl (C=O) groups excluding carboxylic acids is 2. The molecular formula is C10H10ClNO3. The molecule has 0 aromatic heterocycles. The predicted octanol–water partition coefficient (Wildman–Crippen LogP) is 1.34. The molecule has 80 valence electrons. The third-order valence-corrected chi connectivity index (χ3v) is 1.76. The van der Waals surface area contributed by atoms with Crippen LogP contribution in [-0.4, -0.2) is 23.3 Å². The second-order valence-electron chi connectivity index (χ2n) is 2.79. The first-order chi connectivity index (χ1) is 7.22. The summed E-state index contributed by atoms with van der Waals surface area (Å²) in [5.74, 6) is 0. The van der Waals surface area contributed by atoms with Crippen LogP contribution >= 0.6 is 11.6 Å². The van der Waals surface area contributed by atoms with Gasteiger partial charge in [-0.25, -0.2) is 5.06 Å². The summed E-state index contributed by atoms with van der Waals surface area (Å²) in [5.41, 5.74) is 0.909. The van der Waals surface area contributed by atoms with E-state index in [0.29, 0.717) is 6.41 Å². The molecule has 0 aliphatic heterocycles. The minimum absolute atomic E-state index is 0.226. The van der Waals surface area contributed by atoms with Gasteiger partial charge in [-0.2, -0.15) is 0 Å². The first-order valence-electron chi connectivity index (χ1n) is 4.29. The van der Waals surface area contributed by atoms with Gasteiger partial charge in [0, 0.05) is 0 Å². The van der Waals surface area contributed by atoms with Gasteiger partial charge >= 0.3 is 0 Å². The van der Waals surface area contributed by atoms with Gasteiger partial charge in [-0.1, -0.05) is 30.3 Å². The van der Waals surface area contributed by atoms with E-state index in [1.54, 1.807) is 0 Å². The molecule has 0 radical (unpaired) electrons. The highest BCUT2D eigenvalue weighted by atomic mass is 35.5. The molecule has 0 fully saturated rings. The largest absolute Gasteiger partial charge is 0.279 e. The fourth-order valence-corrected chi connectivity index (χ4v) is 1.09. The van der Waals surface area contributed by atoms with Crippen molar-refractivity contribution in [1.82, 2.24) is 5.06 Å². The number of amides is 1. The van der Waals surface area contributed by atoms with Crippen molar-refractivity contribution in [2.24, 2.45) is 0 Å². The van der Waals surface area contributed by atoms with Crippen LogP contribution in [0.15, 0.2) is 30.3 Å². The van der Waals surface area contributed by atoms with Crippen LogP contribution in [0.1, 0.15) is 5.56 Å². The number of nitrogens with zero attached hydrogens (tertiary/aromatic N) is 1. The first-order valence-corrected chi connectivity index (χ1v) is 4.67. The van der Waals surface area contributed by atoms with Gasteiger partial charge in [-0.3, -0.25) is 14.4 Å². The molecule has 4 nitrogen and oxygen atoms in total. The summed E-state index contributed by atoms with van der Waals surface area (Å²) >= 11 is 5.11. The lowest BCUT2D eigenvalue weighted by Gasteiger charge is -2.14. The molecule has 1 aromatic rings. The van der Waals surface area contributed by atoms with Gasteiger partial charge in [0.1, 0.15) is 13.2 Å². The standard InChI is InChI=1S/C10H10ClNO3/c11-10(14)6-12(8-13)15-7-9-4-2-1-3-5-9/h1-5,8H,6-7H2. The molecule has 0 bridgehead atoms. The zero-order valence-corrected chi connectivity index (χ0v) is 8.68. The van der Waals surface area contributed by atoms with E-state index in [1.807, 2.05) is 30.3 Å². The summed E-state index contributed by atoms with van der Waals surface area (Å²) in [6.07, 6.45) is 0.420. The van der Waals surface area contributed by atoms with Gasteiger partial charge in [-0.15, -0.1) is 0 Å². The summed E-state index contributed by atoms with van der Waals surface area (Å²) in [6.45, 7) is -0.0262. The molecule has 1 aromatic carbocycles. The van der Waals surface area contributed by atoms with Crippen LogP contribution in [0.3, 0.4) is 0 Å². The topological polar surface area (TPSA) is 46.6 Å². The van der Waals surface area contributed by atoms with Gasteiger partial charge in [0.2, 0.25) is 11.7 Å². The maximum absolute atomic E-state index is 10.5. The Labute approximate surface area is 92.3 Å². The van der Waals surface area contributed by atoms with E-state index in [-0.39, 0.29) is 13.2 Å². The van der Waals surface area contributed by atoms with E-state index in [4.69, 9.17) is 16.4 Å². The molecule has 0 saturated heterocycles. The molecule has 0 saturated carbocycles. The van der Waals surface area contributed by atoms with Crippen LogP contribution in [0, 0.1) is 0 Å². The van der Waals surface area contributed by atoms with E-state index < -0.39 is 5.24 Å². The van der Waals surface area contributed by atoms with Crippen molar-refractivity contribution >= 4 is 23.3 Å². The van der Waals surface area contributed by atoms with Crippen molar-refractivity contribution in [3.05, 3.63) is 35.9 Å². The number of halogens is 1. The van der Waals surface area contributed by atoms with E-state index >= 15 is 0 Å². The summed E-state index contributed by atoms with van der Waals surface area (Å²) in [5, 5.41) is 0.220. The number of hydroxylamine groups is 2. The van der Waals surface area contributed by atoms with Crippen molar-refractivity contribution in [2.75, 3.05) is 6.54 Å². The fourth-order valence-electron chi connectivity index (χ4n) is 0.968. The SMILES string of the molecule is O=CN(CC(=O)Cl)OCc1ccccc1. The van der Waals surface area contributed by atoms with Crippen LogP contribution in [0.4, 0.5) is 0 Å². The Hall–Kier alpha value is -1.39. The third kappa shape index (κ3) is 4.58. The van der Waals surface area contributed by atoms with Crippen LogP contribution in [0.25, 0.3) is 0 Å². The zero-order valence-electron chi connectivity index (χ0n) is 7.93. The molecule has 15 heavy (non-hydrogen) atoms. The fraction of sp³-hybridized carbons (Fsp3) is 0.200. The lowest BCUT2D eigenvalue weighted by Crippen LogP contribution is -2.26. The van der Waals surface area contributed by atoms with Crippen molar-refractivity contribution < 1.29 is 14.4 Å². The van der Waals surface area contributed by atoms with E-state index in [9.17, 15) is 9.59 Å². The first kappa shape index (κ1) is 11.7. The molecule has 0 spiro atoms. The Morgan fingerprint density at radius 1 is 1.40 bits per heavy atom. The highest BCUT2D eigenvalue weighted by Crippen LogP contribution is 2.02. The van der Waals surface area contributed by atoms with Crippen LogP contribution in [0.2, 0.25) is 0 Å². The minimum Gasteiger partial charge on any atom is -0.279 e. The smallest absolute Gasteiger partial charge is 0.243 e. The van der Waals surface area contributed by atoms with E-state index in [1.165, 1.54) is 0 Å². The number of carbonyl (C=O) groups is 2. The Morgan fingerprint density at radius 3 is 2.60 bits per heavy atom. The minimum atomic E-state index is -0.643. The Kier molecular flexibility index (Phi) is 4.80. The summed E-state index contributed by atoms with van der Waals surface area (Å²) in [7, 11) is 0. The van der Waals surface area contributed by atoms with Crippen LogP contribution in [0.5, 0.6) is 0 Å². The van der Waals surface area contributed by atoms with Gasteiger partial charge in [-0.05, 0) is 17.2 Å². The number of hydrogen-bond donors (Lipinski definition) is 0. The van der Waals surface area contributed by atoms with E-state index in [0.717, 1.165) is 10.6 Å². The lowest BCUT2D eigenvalue weighted by atomic mass is 10.2. The molecule has 0 aliphatic carbocycles. The van der Waals surface area contributed by atoms with Crippen LogP contribution < -0.4 is 0 Å². The van der Waals surface area contributed by atoms with Gasteiger partial charge < -0.3 is 0 Å². The van der Waals surface area contributed by atoms with Gasteiger partial charge in [0.15, 0.2) is 0 Å². The molecule has 0 atom stereocenters. The maximum Gasteiger partial charge on any atom is 0.243 e. The molecule has 5 heteroatoms. The van der Waals surface area contributed by atoms with Crippen molar-refractivity contribution in [3.63, 3.8) is 0 Å². The Balaban J connectivity index is 2.41. The van der Waals surface area contributed by atoms with Crippen molar-refractivity contribution in [1.29, 1.82) is 0 Å². The monoisotopic (exact) mass is 227 g/mol. The number of hydrogen-bond acceptors (Lipinski definition) is 3. The normalized spacial score (nSPS) is 9.67. The average molecular weight is 228 g/mol.